The van der Waals surface area contributed by atoms with Gasteiger partial charge in [0, 0.05) is 17.5 Å². The molecule has 1 fully saturated rings. The van der Waals surface area contributed by atoms with Crippen molar-refractivity contribution in [1.82, 2.24) is 10.2 Å². The molecule has 3 N–H and O–H groups in total. The molecule has 1 aliphatic rings. The molecule has 1 unspecified atom stereocenters. The topological polar surface area (TPSA) is 77.8 Å². The van der Waals surface area contributed by atoms with Crippen LogP contribution in [0.2, 0.25) is 0 Å². The molecule has 1 aliphatic heterocycles. The number of aromatic nitrogens is 2. The van der Waals surface area contributed by atoms with Gasteiger partial charge >= 0.3 is 0 Å². The van der Waals surface area contributed by atoms with Crippen molar-refractivity contribution in [1.29, 1.82) is 0 Å². The number of rotatable bonds is 2. The minimum Gasteiger partial charge on any atom is -0.381 e. The average Bonchev–Trinajstić information content (AvgIpc) is 2.87. The van der Waals surface area contributed by atoms with Crippen molar-refractivity contribution < 1.29 is 0 Å². The quantitative estimate of drug-likeness (QED) is 0.759. The lowest BCUT2D eigenvalue weighted by Crippen LogP contribution is -2.23. The zero-order chi connectivity index (χ0) is 12.5. The van der Waals surface area contributed by atoms with Crippen molar-refractivity contribution in [2.45, 2.75) is 12.5 Å². The number of nitrogens with one attached hydrogen (secondary N) is 3. The lowest BCUT2D eigenvalue weighted by Gasteiger charge is -2.14. The van der Waals surface area contributed by atoms with Gasteiger partial charge in [0.15, 0.2) is 0 Å². The molecule has 5 nitrogen and oxygen atoms in total. The Morgan fingerprint density at radius 3 is 2.83 bits per heavy atom. The molecule has 1 aromatic carbocycles. The summed E-state index contributed by atoms with van der Waals surface area (Å²) in [4.78, 5) is 23.5. The molecule has 0 amide bonds. The molecule has 2 heterocycles. The zero-order valence-corrected chi connectivity index (χ0v) is 10.5. The van der Waals surface area contributed by atoms with Crippen LogP contribution >= 0.6 is 11.8 Å². The van der Waals surface area contributed by atoms with Crippen LogP contribution in [0, 0.1) is 0 Å². The third-order valence-electron chi connectivity index (χ3n) is 3.12. The van der Waals surface area contributed by atoms with E-state index in [1.54, 1.807) is 12.1 Å². The molecule has 1 aromatic heterocycles. The van der Waals surface area contributed by atoms with E-state index in [0.717, 1.165) is 23.6 Å². The molecule has 0 radical (unpaired) electrons. The summed E-state index contributed by atoms with van der Waals surface area (Å²) in [5.74, 6) is 2.18. The fourth-order valence-corrected chi connectivity index (χ4v) is 3.37. The fraction of sp³-hybridized carbons (Fsp3) is 0.333. The predicted molar refractivity (Wildman–Crippen MR) is 74.5 cm³/mol. The van der Waals surface area contributed by atoms with Crippen LogP contribution in [0.1, 0.15) is 6.42 Å². The first-order valence-electron chi connectivity index (χ1n) is 5.83. The van der Waals surface area contributed by atoms with E-state index >= 15 is 0 Å². The van der Waals surface area contributed by atoms with Crippen LogP contribution in [0.4, 0.5) is 5.69 Å². The molecule has 0 saturated carbocycles. The van der Waals surface area contributed by atoms with Gasteiger partial charge in [-0.25, -0.2) is 0 Å². The van der Waals surface area contributed by atoms with Crippen molar-refractivity contribution in [2.75, 3.05) is 16.8 Å². The molecule has 3 rings (SSSR count). The number of aromatic amines is 2. The second kappa shape index (κ2) is 4.53. The van der Waals surface area contributed by atoms with E-state index in [1.165, 1.54) is 0 Å². The third-order valence-corrected chi connectivity index (χ3v) is 4.28. The monoisotopic (exact) mass is 263 g/mol. The molecule has 0 bridgehead atoms. The first-order chi connectivity index (χ1) is 8.75. The Kier molecular flexibility index (Phi) is 2.87. The van der Waals surface area contributed by atoms with E-state index in [0.29, 0.717) is 16.8 Å². The Balaban J connectivity index is 2.14. The van der Waals surface area contributed by atoms with E-state index in [9.17, 15) is 9.59 Å². The van der Waals surface area contributed by atoms with E-state index in [1.807, 2.05) is 17.8 Å². The van der Waals surface area contributed by atoms with Gasteiger partial charge in [-0.1, -0.05) is 6.07 Å². The Hall–Kier alpha value is -1.69. The number of fused-ring (bicyclic) bond motifs is 1. The van der Waals surface area contributed by atoms with Crippen LogP contribution in [0.25, 0.3) is 10.8 Å². The van der Waals surface area contributed by atoms with Crippen molar-refractivity contribution >= 4 is 28.2 Å². The van der Waals surface area contributed by atoms with Gasteiger partial charge in [-0.05, 0) is 24.3 Å². The Bertz CT molecular complexity index is 686. The molecule has 94 valence electrons. The smallest absolute Gasteiger partial charge is 0.272 e. The summed E-state index contributed by atoms with van der Waals surface area (Å²) >= 11 is 1.90. The van der Waals surface area contributed by atoms with Gasteiger partial charge in [0.2, 0.25) is 0 Å². The third kappa shape index (κ3) is 1.92. The minimum atomic E-state index is -0.269. The van der Waals surface area contributed by atoms with Gasteiger partial charge in [-0.3, -0.25) is 19.8 Å². The van der Waals surface area contributed by atoms with E-state index < -0.39 is 0 Å². The van der Waals surface area contributed by atoms with Crippen molar-refractivity contribution in [2.24, 2.45) is 0 Å². The van der Waals surface area contributed by atoms with Gasteiger partial charge in [0.25, 0.3) is 11.1 Å². The normalized spacial score (nSPS) is 19.2. The van der Waals surface area contributed by atoms with E-state index in [-0.39, 0.29) is 11.1 Å². The highest BCUT2D eigenvalue weighted by Gasteiger charge is 2.17. The highest BCUT2D eigenvalue weighted by molar-refractivity contribution is 7.99. The summed E-state index contributed by atoms with van der Waals surface area (Å²) in [6.45, 7) is 0. The molecular formula is C12H13N3O2S. The van der Waals surface area contributed by atoms with Gasteiger partial charge in [-0.2, -0.15) is 11.8 Å². The van der Waals surface area contributed by atoms with Crippen LogP contribution in [0.3, 0.4) is 0 Å². The molecule has 6 heteroatoms. The Labute approximate surface area is 107 Å². The first-order valence-corrected chi connectivity index (χ1v) is 6.99. The lowest BCUT2D eigenvalue weighted by atomic mass is 10.1. The number of thioether (sulfide) groups is 1. The van der Waals surface area contributed by atoms with Gasteiger partial charge in [0.05, 0.1) is 10.8 Å². The number of hydrogen-bond acceptors (Lipinski definition) is 4. The molecule has 1 atom stereocenters. The van der Waals surface area contributed by atoms with Crippen LogP contribution in [-0.4, -0.2) is 27.7 Å². The summed E-state index contributed by atoms with van der Waals surface area (Å²) < 4.78 is 0. The van der Waals surface area contributed by atoms with Gasteiger partial charge in [0.1, 0.15) is 0 Å². The summed E-state index contributed by atoms with van der Waals surface area (Å²) in [6.07, 6.45) is 1.09. The first kappa shape index (κ1) is 11.4. The predicted octanol–water partition coefficient (Wildman–Crippen LogP) is 1.13. The summed E-state index contributed by atoms with van der Waals surface area (Å²) in [7, 11) is 0. The van der Waals surface area contributed by atoms with Crippen LogP contribution < -0.4 is 16.4 Å². The van der Waals surface area contributed by atoms with Crippen LogP contribution in [-0.2, 0) is 0 Å². The average molecular weight is 263 g/mol. The zero-order valence-electron chi connectivity index (χ0n) is 9.66. The number of benzene rings is 1. The number of hydrogen-bond donors (Lipinski definition) is 3. The number of H-pyrrole nitrogens is 2. The second-order valence-corrected chi connectivity index (χ2v) is 5.49. The van der Waals surface area contributed by atoms with Gasteiger partial charge in [-0.15, -0.1) is 0 Å². The van der Waals surface area contributed by atoms with Gasteiger partial charge < -0.3 is 5.32 Å². The highest BCUT2D eigenvalue weighted by Crippen LogP contribution is 2.24. The Morgan fingerprint density at radius 1 is 1.22 bits per heavy atom. The molecule has 2 aromatic rings. The molecule has 0 spiro atoms. The summed E-state index contributed by atoms with van der Waals surface area (Å²) in [5.41, 5.74) is 0.208. The molecular weight excluding hydrogens is 250 g/mol. The fourth-order valence-electron chi connectivity index (χ4n) is 2.22. The maximum absolute atomic E-state index is 11.9. The summed E-state index contributed by atoms with van der Waals surface area (Å²) in [6, 6.07) is 5.68. The largest absolute Gasteiger partial charge is 0.381 e. The van der Waals surface area contributed by atoms with Crippen molar-refractivity contribution in [3.8, 4) is 0 Å². The highest BCUT2D eigenvalue weighted by atomic mass is 32.2. The van der Waals surface area contributed by atoms with Crippen LogP contribution in [0.5, 0.6) is 0 Å². The second-order valence-electron chi connectivity index (χ2n) is 4.34. The standard InChI is InChI=1S/C12H13N3O2S/c16-11-8-2-1-3-9(10(8)12(17)15-14-11)13-7-4-5-18-6-7/h1-3,7,13H,4-6H2,(H,14,16)(H,15,17). The van der Waals surface area contributed by atoms with E-state index in [4.69, 9.17) is 0 Å². The Morgan fingerprint density at radius 2 is 2.06 bits per heavy atom. The van der Waals surface area contributed by atoms with Crippen molar-refractivity contribution in [3.05, 3.63) is 38.9 Å². The SMILES string of the molecule is O=c1[nH][nH]c(=O)c2c(NC3CCSC3)cccc12. The summed E-state index contributed by atoms with van der Waals surface area (Å²) in [5, 5.41) is 8.93. The molecule has 18 heavy (non-hydrogen) atoms. The molecule has 0 aliphatic carbocycles. The number of anilines is 1. The lowest BCUT2D eigenvalue weighted by molar-refractivity contribution is 0.814. The maximum atomic E-state index is 11.9. The molecule has 1 saturated heterocycles. The maximum Gasteiger partial charge on any atom is 0.272 e. The van der Waals surface area contributed by atoms with E-state index in [2.05, 4.69) is 15.5 Å². The van der Waals surface area contributed by atoms with Crippen molar-refractivity contribution in [3.63, 3.8) is 0 Å². The van der Waals surface area contributed by atoms with Crippen LogP contribution in [0.15, 0.2) is 27.8 Å². The minimum absolute atomic E-state index is 0.265.